The molecule has 0 fully saturated rings. The van der Waals surface area contributed by atoms with Crippen molar-refractivity contribution < 1.29 is 41.6 Å². The van der Waals surface area contributed by atoms with E-state index in [1.807, 2.05) is 0 Å². The van der Waals surface area contributed by atoms with Crippen molar-refractivity contribution in [3.05, 3.63) is 24.3 Å². The Hall–Kier alpha value is -1.43. The fraction of sp³-hybridized carbons (Fsp3) is 0.500. The Morgan fingerprint density at radius 2 is 1.32 bits per heavy atom. The zero-order valence-corrected chi connectivity index (χ0v) is 14.5. The predicted octanol–water partition coefficient (Wildman–Crippen LogP) is -0.296. The maximum absolute atomic E-state index is 12.1. The maximum atomic E-state index is 12.1. The quantitative estimate of drug-likeness (QED) is 0.185. The molecule has 1 N–H and O–H groups in total. The molecular weight excluding hydrogens is 369 g/mol. The first-order valence-corrected chi connectivity index (χ1v) is 8.17. The van der Waals surface area contributed by atoms with Gasteiger partial charge < -0.3 is 14.2 Å². The highest BCUT2D eigenvalue weighted by molar-refractivity contribution is 7.85. The van der Waals surface area contributed by atoms with Crippen LogP contribution in [-0.4, -0.2) is 73.1 Å². The third-order valence-corrected chi connectivity index (χ3v) is 2.99. The van der Waals surface area contributed by atoms with Crippen LogP contribution in [-0.2, 0) is 38.7 Å². The van der Waals surface area contributed by atoms with E-state index < -0.39 is 52.6 Å². The van der Waals surface area contributed by atoms with E-state index in [-0.39, 0.29) is 34.2 Å². The first-order chi connectivity index (χ1) is 10.8. The molecule has 0 unspecified atom stereocenters. The second kappa shape index (κ2) is 10.5. The summed E-state index contributed by atoms with van der Waals surface area (Å²) in [6, 6.07) is 0. The molecule has 0 aromatic carbocycles. The fourth-order valence-electron chi connectivity index (χ4n) is 1.16. The Balaban J connectivity index is 0. The van der Waals surface area contributed by atoms with Crippen LogP contribution in [0.15, 0.2) is 24.3 Å². The number of rotatable bonds is 9. The van der Waals surface area contributed by atoms with E-state index in [2.05, 4.69) is 17.9 Å². The molecule has 140 valence electrons. The summed E-state index contributed by atoms with van der Waals surface area (Å²) in [5.74, 6) is -4.03. The van der Waals surface area contributed by atoms with Gasteiger partial charge in [-0.3, -0.25) is 9.35 Å². The summed E-state index contributed by atoms with van der Waals surface area (Å²) < 4.78 is 44.1. The zero-order chi connectivity index (χ0) is 19.1. The first-order valence-electron chi connectivity index (χ1n) is 6.56. The lowest BCUT2D eigenvalue weighted by atomic mass is 9.93. The van der Waals surface area contributed by atoms with Crippen LogP contribution >= 0.6 is 0 Å². The summed E-state index contributed by atoms with van der Waals surface area (Å²) in [6.45, 7) is 9.61. The molecule has 0 heterocycles. The van der Waals surface area contributed by atoms with Crippen molar-refractivity contribution in [1.29, 1.82) is 0 Å². The monoisotopic (exact) mass is 390 g/mol. The topological polar surface area (TPSA) is 133 Å². The van der Waals surface area contributed by atoms with Crippen molar-refractivity contribution in [2.24, 2.45) is 5.41 Å². The Bertz CT molecular complexity index is 621. The number of ether oxygens (including phenoxy) is 3. The number of carbonyl (C=O) groups is 3. The van der Waals surface area contributed by atoms with Gasteiger partial charge in [0.1, 0.15) is 18.6 Å². The molecule has 0 radical (unpaired) electrons. The minimum atomic E-state index is -4.56. The minimum Gasteiger partial charge on any atom is -0.461 e. The molecule has 0 aromatic heterocycles. The van der Waals surface area contributed by atoms with E-state index in [9.17, 15) is 22.8 Å². The van der Waals surface area contributed by atoms with Gasteiger partial charge in [-0.2, -0.15) is 8.42 Å². The second-order valence-electron chi connectivity index (χ2n) is 5.41. The van der Waals surface area contributed by atoms with Gasteiger partial charge >= 0.3 is 51.1 Å². The smallest absolute Gasteiger partial charge is 0.333 e. The average Bonchev–Trinajstić information content (AvgIpc) is 2.46. The molecule has 0 spiro atoms. The van der Waals surface area contributed by atoms with Gasteiger partial charge in [0.2, 0.25) is 5.94 Å². The lowest BCUT2D eigenvalue weighted by Crippen LogP contribution is -2.41. The summed E-state index contributed by atoms with van der Waals surface area (Å²) in [7, 11) is -4.56. The number of hydrogen-bond donors (Lipinski definition) is 1. The van der Waals surface area contributed by atoms with Crippen LogP contribution in [0, 0.1) is 5.41 Å². The average molecular weight is 391 g/mol. The van der Waals surface area contributed by atoms with Crippen molar-refractivity contribution in [2.75, 3.05) is 19.2 Å². The van der Waals surface area contributed by atoms with Crippen molar-refractivity contribution in [3.63, 3.8) is 0 Å². The molecule has 9 nitrogen and oxygen atoms in total. The van der Waals surface area contributed by atoms with Crippen LogP contribution < -0.4 is 0 Å². The summed E-state index contributed by atoms with van der Waals surface area (Å²) in [5.41, 5.74) is -1.55. The largest absolute Gasteiger partial charge is 0.461 e. The number of hydrogen-bond acceptors (Lipinski definition) is 8. The van der Waals surface area contributed by atoms with Crippen molar-refractivity contribution >= 4 is 51.1 Å². The van der Waals surface area contributed by atoms with E-state index in [0.717, 1.165) is 0 Å². The van der Waals surface area contributed by atoms with Gasteiger partial charge in [0.05, 0.1) is 0 Å². The molecule has 0 rings (SSSR count). The molecule has 0 aliphatic carbocycles. The van der Waals surface area contributed by atoms with E-state index >= 15 is 0 Å². The highest BCUT2D eigenvalue weighted by atomic mass is 32.2. The van der Waals surface area contributed by atoms with E-state index in [4.69, 9.17) is 14.0 Å². The highest BCUT2D eigenvalue weighted by Crippen LogP contribution is 2.21. The van der Waals surface area contributed by atoms with Crippen LogP contribution in [0.4, 0.5) is 0 Å². The SMILES string of the molecule is C=C(C)C(=O)OCC(C)(COC(=O)C(=C)C)C(=O)OCS(=O)(=O)O.[MgH2]. The third kappa shape index (κ3) is 10.2. The van der Waals surface area contributed by atoms with Gasteiger partial charge in [0.25, 0.3) is 0 Å². The van der Waals surface area contributed by atoms with Gasteiger partial charge in [-0.15, -0.1) is 0 Å². The van der Waals surface area contributed by atoms with Crippen molar-refractivity contribution in [1.82, 2.24) is 0 Å². The summed E-state index contributed by atoms with van der Waals surface area (Å²) in [6.07, 6.45) is 0. The van der Waals surface area contributed by atoms with Crippen LogP contribution in [0.1, 0.15) is 20.8 Å². The molecule has 0 bridgehead atoms. The zero-order valence-electron chi connectivity index (χ0n) is 13.7. The molecule has 25 heavy (non-hydrogen) atoms. The summed E-state index contributed by atoms with van der Waals surface area (Å²) in [4.78, 5) is 34.9. The molecule has 0 amide bonds. The molecule has 0 aliphatic rings. The molecule has 0 aromatic rings. The van der Waals surface area contributed by atoms with Crippen LogP contribution in [0.5, 0.6) is 0 Å². The van der Waals surface area contributed by atoms with Gasteiger partial charge in [-0.25, -0.2) is 9.59 Å². The van der Waals surface area contributed by atoms with E-state index in [0.29, 0.717) is 0 Å². The van der Waals surface area contributed by atoms with Gasteiger partial charge in [0.15, 0.2) is 0 Å². The second-order valence-corrected chi connectivity index (χ2v) is 6.80. The third-order valence-electron chi connectivity index (χ3n) is 2.57. The van der Waals surface area contributed by atoms with E-state index in [1.54, 1.807) is 0 Å². The molecular formula is C14H22MgO9S. The van der Waals surface area contributed by atoms with Crippen molar-refractivity contribution in [2.45, 2.75) is 20.8 Å². The lowest BCUT2D eigenvalue weighted by Gasteiger charge is -2.26. The Kier molecular flexibility index (Phi) is 10.9. The van der Waals surface area contributed by atoms with Crippen molar-refractivity contribution in [3.8, 4) is 0 Å². The molecule has 0 atom stereocenters. The van der Waals surface area contributed by atoms with Gasteiger partial charge in [-0.05, 0) is 20.8 Å². The van der Waals surface area contributed by atoms with E-state index in [1.165, 1.54) is 20.8 Å². The van der Waals surface area contributed by atoms with Gasteiger partial charge in [0, 0.05) is 11.1 Å². The summed E-state index contributed by atoms with van der Waals surface area (Å²) >= 11 is 0. The van der Waals surface area contributed by atoms with Crippen LogP contribution in [0.2, 0.25) is 0 Å². The maximum Gasteiger partial charge on any atom is 0.333 e. The standard InChI is InChI=1S/C14H20O9S.Mg.2H/c1-9(2)11(15)21-6-14(5,7-22-12(16)10(3)4)13(17)23-8-24(18,19)20;;;/h1,3,6-8H2,2,4-5H3,(H,18,19,20);;;. The Morgan fingerprint density at radius 1 is 0.960 bits per heavy atom. The number of carbonyl (C=O) groups excluding carboxylic acids is 3. The Labute approximate surface area is 162 Å². The van der Waals surface area contributed by atoms with Gasteiger partial charge in [-0.1, -0.05) is 13.2 Å². The fourth-order valence-corrected chi connectivity index (χ4v) is 1.41. The number of esters is 3. The van der Waals surface area contributed by atoms with Crippen LogP contribution in [0.25, 0.3) is 0 Å². The highest BCUT2D eigenvalue weighted by Gasteiger charge is 2.39. The molecule has 11 heteroatoms. The normalized spacial score (nSPS) is 10.9. The molecule has 0 saturated heterocycles. The molecule has 0 aliphatic heterocycles. The molecule has 0 saturated carbocycles. The Morgan fingerprint density at radius 3 is 1.60 bits per heavy atom. The minimum absolute atomic E-state index is 0. The summed E-state index contributed by atoms with van der Waals surface area (Å²) in [5, 5.41) is 0. The predicted molar refractivity (Wildman–Crippen MR) is 90.7 cm³/mol. The van der Waals surface area contributed by atoms with Crippen LogP contribution in [0.3, 0.4) is 0 Å². The lowest BCUT2D eigenvalue weighted by molar-refractivity contribution is -0.166. The first kappa shape index (κ1) is 25.8.